The summed E-state index contributed by atoms with van der Waals surface area (Å²) in [4.78, 5) is 0. The van der Waals surface area contributed by atoms with Gasteiger partial charge in [0.2, 0.25) is 0 Å². The Hall–Kier alpha value is -0.720. The smallest absolute Gasteiger partial charge is 0.0112 e. The van der Waals surface area contributed by atoms with Crippen molar-refractivity contribution in [3.05, 3.63) is 23.4 Å². The lowest BCUT2D eigenvalue weighted by Crippen LogP contribution is -2.11. The molecule has 0 aromatic carbocycles. The molecule has 0 spiro atoms. The highest BCUT2D eigenvalue weighted by Crippen LogP contribution is 2.22. The highest BCUT2D eigenvalue weighted by molar-refractivity contribution is 5.23. The molecule has 1 unspecified atom stereocenters. The van der Waals surface area contributed by atoms with Gasteiger partial charge >= 0.3 is 0 Å². The fourth-order valence-electron chi connectivity index (χ4n) is 1.22. The summed E-state index contributed by atoms with van der Waals surface area (Å²) in [7, 11) is 0. The summed E-state index contributed by atoms with van der Waals surface area (Å²) in [6.45, 7) is 4.36. The summed E-state index contributed by atoms with van der Waals surface area (Å²) in [6, 6.07) is 0. The summed E-state index contributed by atoms with van der Waals surface area (Å²) in [6.07, 6.45) is 6.50. The van der Waals surface area contributed by atoms with Gasteiger partial charge in [-0.1, -0.05) is 25.5 Å². The van der Waals surface area contributed by atoms with Crippen LogP contribution in [0.4, 0.5) is 0 Å². The molecule has 2 N–H and O–H groups in total. The van der Waals surface area contributed by atoms with Gasteiger partial charge in [0.15, 0.2) is 0 Å². The van der Waals surface area contributed by atoms with Gasteiger partial charge in [-0.05, 0) is 24.8 Å². The monoisotopic (exact) mass is 137 g/mol. The van der Waals surface area contributed by atoms with Crippen molar-refractivity contribution in [2.45, 2.75) is 26.7 Å². The molecule has 0 aromatic rings. The van der Waals surface area contributed by atoms with E-state index in [1.165, 1.54) is 5.57 Å². The van der Waals surface area contributed by atoms with E-state index >= 15 is 0 Å². The Kier molecular flexibility index (Phi) is 2.15. The zero-order chi connectivity index (χ0) is 7.56. The van der Waals surface area contributed by atoms with Crippen LogP contribution in [0.2, 0.25) is 0 Å². The molecular formula is C9H15N. The topological polar surface area (TPSA) is 26.0 Å². The van der Waals surface area contributed by atoms with Crippen LogP contribution in [0.5, 0.6) is 0 Å². The second-order valence-corrected chi connectivity index (χ2v) is 2.95. The van der Waals surface area contributed by atoms with E-state index in [0.717, 1.165) is 18.5 Å². The molecule has 0 fully saturated rings. The van der Waals surface area contributed by atoms with Crippen LogP contribution in [0.25, 0.3) is 0 Å². The van der Waals surface area contributed by atoms with E-state index in [1.807, 2.05) is 6.08 Å². The van der Waals surface area contributed by atoms with Crippen molar-refractivity contribution in [1.82, 2.24) is 0 Å². The first-order chi connectivity index (χ1) is 4.74. The Bertz CT molecular complexity index is 177. The van der Waals surface area contributed by atoms with Crippen molar-refractivity contribution in [2.75, 3.05) is 0 Å². The molecule has 1 nitrogen and oxygen atoms in total. The summed E-state index contributed by atoms with van der Waals surface area (Å²) in [5.41, 5.74) is 8.25. The van der Waals surface area contributed by atoms with E-state index in [-0.39, 0.29) is 0 Å². The van der Waals surface area contributed by atoms with Crippen molar-refractivity contribution in [1.29, 1.82) is 0 Å². The number of hydrogen-bond donors (Lipinski definition) is 1. The van der Waals surface area contributed by atoms with Crippen LogP contribution in [0.1, 0.15) is 26.7 Å². The van der Waals surface area contributed by atoms with E-state index in [9.17, 15) is 0 Å². The maximum Gasteiger partial charge on any atom is 0.0112 e. The van der Waals surface area contributed by atoms with E-state index in [1.54, 1.807) is 0 Å². The Morgan fingerprint density at radius 1 is 1.60 bits per heavy atom. The summed E-state index contributed by atoms with van der Waals surface area (Å²) in [5, 5.41) is 0. The fourth-order valence-corrected chi connectivity index (χ4v) is 1.22. The van der Waals surface area contributed by atoms with Crippen LogP contribution >= 0.6 is 0 Å². The summed E-state index contributed by atoms with van der Waals surface area (Å²) < 4.78 is 0. The summed E-state index contributed by atoms with van der Waals surface area (Å²) >= 11 is 0. The number of allylic oxidation sites excluding steroid dienone is 4. The highest BCUT2D eigenvalue weighted by atomic mass is 14.6. The van der Waals surface area contributed by atoms with Crippen molar-refractivity contribution < 1.29 is 0 Å². The molecule has 1 aliphatic rings. The van der Waals surface area contributed by atoms with E-state index in [2.05, 4.69) is 19.9 Å². The van der Waals surface area contributed by atoms with Gasteiger partial charge in [-0.3, -0.25) is 0 Å². The molecule has 0 bridgehead atoms. The largest absolute Gasteiger partial charge is 0.402 e. The Labute approximate surface area is 62.6 Å². The number of hydrogen-bond acceptors (Lipinski definition) is 1. The highest BCUT2D eigenvalue weighted by Gasteiger charge is 2.10. The normalized spacial score (nSPS) is 25.6. The van der Waals surface area contributed by atoms with Gasteiger partial charge in [-0.15, -0.1) is 0 Å². The molecule has 0 aromatic heterocycles. The first-order valence-electron chi connectivity index (χ1n) is 3.89. The lowest BCUT2D eigenvalue weighted by molar-refractivity contribution is 0.640. The van der Waals surface area contributed by atoms with Gasteiger partial charge in [0.25, 0.3) is 0 Å². The predicted molar refractivity (Wildman–Crippen MR) is 44.4 cm³/mol. The van der Waals surface area contributed by atoms with Crippen LogP contribution < -0.4 is 5.73 Å². The van der Waals surface area contributed by atoms with Crippen molar-refractivity contribution >= 4 is 0 Å². The quantitative estimate of drug-likeness (QED) is 0.589. The van der Waals surface area contributed by atoms with Gasteiger partial charge in [-0.2, -0.15) is 0 Å². The van der Waals surface area contributed by atoms with Gasteiger partial charge in [0.05, 0.1) is 0 Å². The third-order valence-corrected chi connectivity index (χ3v) is 2.10. The van der Waals surface area contributed by atoms with Crippen LogP contribution in [0, 0.1) is 5.92 Å². The van der Waals surface area contributed by atoms with Gasteiger partial charge in [-0.25, -0.2) is 0 Å². The maximum atomic E-state index is 5.71. The van der Waals surface area contributed by atoms with Crippen LogP contribution in [0.15, 0.2) is 23.4 Å². The average Bonchev–Trinajstić information content (AvgIpc) is 1.95. The Morgan fingerprint density at radius 3 is 2.80 bits per heavy atom. The number of nitrogens with two attached hydrogens (primary N) is 1. The third-order valence-electron chi connectivity index (χ3n) is 2.10. The third kappa shape index (κ3) is 1.41. The molecule has 0 saturated heterocycles. The minimum Gasteiger partial charge on any atom is -0.402 e. The molecule has 10 heavy (non-hydrogen) atoms. The van der Waals surface area contributed by atoms with Crippen molar-refractivity contribution in [3.8, 4) is 0 Å². The van der Waals surface area contributed by atoms with Crippen LogP contribution in [-0.4, -0.2) is 0 Å². The molecule has 0 saturated carbocycles. The van der Waals surface area contributed by atoms with Crippen molar-refractivity contribution in [2.24, 2.45) is 11.7 Å². The van der Waals surface area contributed by atoms with Crippen LogP contribution in [0.3, 0.4) is 0 Å². The molecule has 1 rings (SSSR count). The molecule has 1 heteroatoms. The predicted octanol–water partition coefficient (Wildman–Crippen LogP) is 2.21. The maximum absolute atomic E-state index is 5.71. The van der Waals surface area contributed by atoms with Gasteiger partial charge < -0.3 is 5.73 Å². The molecule has 0 amide bonds. The lowest BCUT2D eigenvalue weighted by atomic mass is 9.92. The molecular weight excluding hydrogens is 122 g/mol. The zero-order valence-corrected chi connectivity index (χ0v) is 6.72. The lowest BCUT2D eigenvalue weighted by Gasteiger charge is -2.17. The summed E-state index contributed by atoms with van der Waals surface area (Å²) in [5.74, 6) is 0.556. The second kappa shape index (κ2) is 2.91. The molecule has 0 heterocycles. The minimum atomic E-state index is 0.556. The minimum absolute atomic E-state index is 0.556. The van der Waals surface area contributed by atoms with Gasteiger partial charge in [0, 0.05) is 5.70 Å². The van der Waals surface area contributed by atoms with E-state index in [4.69, 9.17) is 5.73 Å². The Balaban J connectivity index is 2.68. The van der Waals surface area contributed by atoms with E-state index < -0.39 is 0 Å². The van der Waals surface area contributed by atoms with E-state index in [0.29, 0.717) is 5.92 Å². The SMILES string of the molecule is CCC1=CC=C(N)C(C)C1. The van der Waals surface area contributed by atoms with Gasteiger partial charge in [0.1, 0.15) is 0 Å². The molecule has 0 radical (unpaired) electrons. The fraction of sp³-hybridized carbons (Fsp3) is 0.556. The standard InChI is InChI=1S/C9H15N/c1-3-8-4-5-9(10)7(2)6-8/h4-5,7H,3,6,10H2,1-2H3. The zero-order valence-electron chi connectivity index (χ0n) is 6.72. The molecule has 0 aliphatic heterocycles. The molecule has 56 valence electrons. The Morgan fingerprint density at radius 2 is 2.30 bits per heavy atom. The van der Waals surface area contributed by atoms with Crippen molar-refractivity contribution in [3.63, 3.8) is 0 Å². The number of rotatable bonds is 1. The van der Waals surface area contributed by atoms with Crippen LogP contribution in [-0.2, 0) is 0 Å². The molecule has 1 atom stereocenters. The first-order valence-corrected chi connectivity index (χ1v) is 3.89. The second-order valence-electron chi connectivity index (χ2n) is 2.95. The molecule has 1 aliphatic carbocycles. The average molecular weight is 137 g/mol. The first kappa shape index (κ1) is 7.39.